The Morgan fingerprint density at radius 3 is 2.45 bits per heavy atom. The van der Waals surface area contributed by atoms with E-state index >= 15 is 0 Å². The number of methoxy groups -OCH3 is 1. The number of rotatable bonds is 7. The highest BCUT2D eigenvalue weighted by Crippen LogP contribution is 2.26. The molecule has 31 heavy (non-hydrogen) atoms. The fourth-order valence-corrected chi connectivity index (χ4v) is 4.29. The maximum absolute atomic E-state index is 13.2. The normalized spacial score (nSPS) is 16.6. The number of piperazine rings is 1. The molecular formula is C24H36N4O3. The third kappa shape index (κ3) is 5.52. The van der Waals surface area contributed by atoms with Crippen LogP contribution in [0.3, 0.4) is 0 Å². The van der Waals surface area contributed by atoms with Crippen LogP contribution in [0.5, 0.6) is 0 Å². The minimum Gasteiger partial charge on any atom is -0.383 e. The van der Waals surface area contributed by atoms with E-state index in [1.54, 1.807) is 11.7 Å². The van der Waals surface area contributed by atoms with Gasteiger partial charge in [0.25, 0.3) is 5.56 Å². The first kappa shape index (κ1) is 23.4. The maximum atomic E-state index is 13.2. The number of ether oxygens (including phenoxy) is 1. The summed E-state index contributed by atoms with van der Waals surface area (Å²) in [5, 5.41) is 0.634. The molecule has 7 heteroatoms. The second-order valence-electron chi connectivity index (χ2n) is 9.51. The Labute approximate surface area is 185 Å². The predicted molar refractivity (Wildman–Crippen MR) is 123 cm³/mol. The quantitative estimate of drug-likeness (QED) is 0.678. The van der Waals surface area contributed by atoms with Gasteiger partial charge in [-0.25, -0.2) is 4.98 Å². The van der Waals surface area contributed by atoms with Crippen molar-refractivity contribution in [2.45, 2.75) is 53.1 Å². The number of benzene rings is 1. The molecular weight excluding hydrogens is 392 g/mol. The van der Waals surface area contributed by atoms with Crippen LogP contribution in [0.4, 0.5) is 0 Å². The lowest BCUT2D eigenvalue weighted by Crippen LogP contribution is -2.50. The number of aromatic nitrogens is 2. The van der Waals surface area contributed by atoms with Gasteiger partial charge in [0, 0.05) is 39.7 Å². The van der Waals surface area contributed by atoms with Crippen LogP contribution in [0.2, 0.25) is 0 Å². The van der Waals surface area contributed by atoms with Crippen LogP contribution in [-0.4, -0.2) is 65.2 Å². The Morgan fingerprint density at radius 1 is 1.16 bits per heavy atom. The number of hydrogen-bond donors (Lipinski definition) is 0. The van der Waals surface area contributed by atoms with Crippen molar-refractivity contribution < 1.29 is 9.53 Å². The Morgan fingerprint density at radius 2 is 1.84 bits per heavy atom. The summed E-state index contributed by atoms with van der Waals surface area (Å²) in [6, 6.07) is 7.54. The summed E-state index contributed by atoms with van der Waals surface area (Å²) >= 11 is 0. The number of carbonyl (C=O) groups excluding carboxylic acids is 1. The van der Waals surface area contributed by atoms with Crippen molar-refractivity contribution in [1.82, 2.24) is 19.4 Å². The summed E-state index contributed by atoms with van der Waals surface area (Å²) in [6.45, 7) is 12.3. The summed E-state index contributed by atoms with van der Waals surface area (Å²) in [6.07, 6.45) is 1.40. The molecule has 1 aliphatic heterocycles. The van der Waals surface area contributed by atoms with E-state index < -0.39 is 0 Å². The van der Waals surface area contributed by atoms with Crippen molar-refractivity contribution in [3.63, 3.8) is 0 Å². The molecule has 3 rings (SSSR count). The van der Waals surface area contributed by atoms with Crippen LogP contribution in [0.15, 0.2) is 29.1 Å². The van der Waals surface area contributed by atoms with Crippen molar-refractivity contribution >= 4 is 16.8 Å². The first-order chi connectivity index (χ1) is 14.7. The van der Waals surface area contributed by atoms with Crippen LogP contribution < -0.4 is 5.56 Å². The van der Waals surface area contributed by atoms with Gasteiger partial charge in [-0.1, -0.05) is 39.8 Å². The predicted octanol–water partition coefficient (Wildman–Crippen LogP) is 3.07. The van der Waals surface area contributed by atoms with Gasteiger partial charge in [-0.05, 0) is 24.0 Å². The molecule has 0 aliphatic carbocycles. The molecule has 1 atom stereocenters. The van der Waals surface area contributed by atoms with E-state index in [1.165, 1.54) is 0 Å². The van der Waals surface area contributed by atoms with E-state index in [2.05, 4.69) is 32.6 Å². The first-order valence-electron chi connectivity index (χ1n) is 11.3. The number of hydrogen-bond acceptors (Lipinski definition) is 5. The number of amides is 1. The molecule has 1 fully saturated rings. The first-order valence-corrected chi connectivity index (χ1v) is 11.3. The zero-order valence-corrected chi connectivity index (χ0v) is 19.6. The second kappa shape index (κ2) is 9.92. The number of carbonyl (C=O) groups is 1. The van der Waals surface area contributed by atoms with Crippen LogP contribution >= 0.6 is 0 Å². The van der Waals surface area contributed by atoms with Crippen LogP contribution in [0.1, 0.15) is 52.4 Å². The van der Waals surface area contributed by atoms with Gasteiger partial charge in [-0.15, -0.1) is 0 Å². The highest BCUT2D eigenvalue weighted by molar-refractivity contribution is 5.77. The second-order valence-corrected chi connectivity index (χ2v) is 9.51. The lowest BCUT2D eigenvalue weighted by Gasteiger charge is -2.40. The molecule has 1 amide bonds. The minimum absolute atomic E-state index is 0.00734. The Bertz CT molecular complexity index is 955. The van der Waals surface area contributed by atoms with Gasteiger partial charge < -0.3 is 9.64 Å². The molecule has 1 aliphatic rings. The maximum Gasteiger partial charge on any atom is 0.261 e. The van der Waals surface area contributed by atoms with Gasteiger partial charge in [0.2, 0.25) is 5.91 Å². The molecule has 0 radical (unpaired) electrons. The number of nitrogens with zero attached hydrogens (tertiary/aromatic N) is 4. The van der Waals surface area contributed by atoms with Crippen LogP contribution in [0, 0.1) is 5.41 Å². The zero-order chi connectivity index (χ0) is 22.6. The van der Waals surface area contributed by atoms with Crippen LogP contribution in [-0.2, 0) is 16.1 Å². The van der Waals surface area contributed by atoms with E-state index in [4.69, 9.17) is 9.72 Å². The van der Waals surface area contributed by atoms with Gasteiger partial charge in [0.05, 0.1) is 30.1 Å². The van der Waals surface area contributed by atoms with E-state index in [1.807, 2.05) is 29.2 Å². The summed E-state index contributed by atoms with van der Waals surface area (Å²) in [4.78, 5) is 35.1. The molecule has 2 aromatic rings. The fraction of sp³-hybridized carbons (Fsp3) is 0.625. The molecule has 0 N–H and O–H groups in total. The van der Waals surface area contributed by atoms with Crippen molar-refractivity contribution in [3.8, 4) is 0 Å². The Kier molecular flexibility index (Phi) is 7.49. The summed E-state index contributed by atoms with van der Waals surface area (Å²) in [7, 11) is 1.64. The average molecular weight is 429 g/mol. The van der Waals surface area contributed by atoms with Gasteiger partial charge in [-0.2, -0.15) is 0 Å². The number of fused-ring (bicyclic) bond motifs is 1. The fourth-order valence-electron chi connectivity index (χ4n) is 4.29. The summed E-state index contributed by atoms with van der Waals surface area (Å²) in [5.41, 5.74) is 0.704. The van der Waals surface area contributed by atoms with Crippen LogP contribution in [0.25, 0.3) is 10.9 Å². The molecule has 1 aromatic carbocycles. The zero-order valence-electron chi connectivity index (χ0n) is 19.6. The third-order valence-electron chi connectivity index (χ3n) is 5.88. The Balaban J connectivity index is 1.85. The summed E-state index contributed by atoms with van der Waals surface area (Å²) < 4.78 is 7.04. The lowest BCUT2D eigenvalue weighted by molar-refractivity contribution is -0.135. The molecule has 0 spiro atoms. The number of para-hydroxylation sites is 1. The van der Waals surface area contributed by atoms with Crippen molar-refractivity contribution in [2.75, 3.05) is 39.9 Å². The average Bonchev–Trinajstić information content (AvgIpc) is 2.73. The van der Waals surface area contributed by atoms with E-state index in [9.17, 15) is 9.59 Å². The highest BCUT2D eigenvalue weighted by atomic mass is 16.5. The molecule has 1 aromatic heterocycles. The van der Waals surface area contributed by atoms with Gasteiger partial charge in [0.1, 0.15) is 5.82 Å². The molecule has 0 saturated carbocycles. The van der Waals surface area contributed by atoms with Crippen molar-refractivity contribution in [2.24, 2.45) is 5.41 Å². The minimum atomic E-state index is -0.0184. The Hall–Kier alpha value is -2.25. The molecule has 1 unspecified atom stereocenters. The molecule has 170 valence electrons. The topological polar surface area (TPSA) is 67.7 Å². The largest absolute Gasteiger partial charge is 0.383 e. The third-order valence-corrected chi connectivity index (χ3v) is 5.88. The smallest absolute Gasteiger partial charge is 0.261 e. The van der Waals surface area contributed by atoms with E-state index in [-0.39, 0.29) is 22.9 Å². The molecule has 2 heterocycles. The van der Waals surface area contributed by atoms with Gasteiger partial charge in [-0.3, -0.25) is 19.1 Å². The molecule has 7 nitrogen and oxygen atoms in total. The lowest BCUT2D eigenvalue weighted by atomic mass is 9.91. The van der Waals surface area contributed by atoms with E-state index in [0.717, 1.165) is 30.9 Å². The van der Waals surface area contributed by atoms with Crippen molar-refractivity contribution in [1.29, 1.82) is 0 Å². The molecule has 0 bridgehead atoms. The van der Waals surface area contributed by atoms with E-state index in [0.29, 0.717) is 38.0 Å². The highest BCUT2D eigenvalue weighted by Gasteiger charge is 2.30. The summed E-state index contributed by atoms with van der Waals surface area (Å²) in [5.74, 6) is 1.01. The standard InChI is InChI=1S/C24H36N4O3/c1-6-20(26-11-13-27(14-12-26)21(29)17-24(2,3)4)22-25-19-10-8-7-9-18(19)23(30)28(22)15-16-31-5/h7-10,20H,6,11-17H2,1-5H3. The van der Waals surface area contributed by atoms with Crippen molar-refractivity contribution in [3.05, 3.63) is 40.4 Å². The molecule has 1 saturated heterocycles. The van der Waals surface area contributed by atoms with Gasteiger partial charge >= 0.3 is 0 Å². The van der Waals surface area contributed by atoms with Gasteiger partial charge in [0.15, 0.2) is 0 Å². The monoisotopic (exact) mass is 428 g/mol. The SMILES string of the molecule is CCC(c1nc2ccccc2c(=O)n1CCOC)N1CCN(C(=O)CC(C)(C)C)CC1.